The van der Waals surface area contributed by atoms with Gasteiger partial charge < -0.3 is 19.7 Å². The minimum absolute atomic E-state index is 0.0213. The quantitative estimate of drug-likeness (QED) is 0.464. The fourth-order valence-corrected chi connectivity index (χ4v) is 5.68. The third-order valence-electron chi connectivity index (χ3n) is 5.98. The summed E-state index contributed by atoms with van der Waals surface area (Å²) in [5.41, 5.74) is 0.985. The number of carbonyl (C=O) groups is 3. The molecule has 0 saturated carbocycles. The molecule has 3 rings (SSSR count). The van der Waals surface area contributed by atoms with Crippen LogP contribution in [0.3, 0.4) is 0 Å². The highest BCUT2D eigenvalue weighted by Crippen LogP contribution is 2.27. The summed E-state index contributed by atoms with van der Waals surface area (Å²) in [6.07, 6.45) is -0.120. The Morgan fingerprint density at radius 2 is 1.74 bits per heavy atom. The molecule has 12 heteroatoms. The Morgan fingerprint density at radius 3 is 2.31 bits per heavy atom. The zero-order valence-corrected chi connectivity index (χ0v) is 23.1. The average molecular weight is 557 g/mol. The molecular weight excluding hydrogens is 524 g/mol. The lowest BCUT2D eigenvalue weighted by Gasteiger charge is -2.26. The summed E-state index contributed by atoms with van der Waals surface area (Å²) in [6.45, 7) is 3.52. The molecule has 39 heavy (non-hydrogen) atoms. The van der Waals surface area contributed by atoms with Crippen molar-refractivity contribution in [2.24, 2.45) is 0 Å². The van der Waals surface area contributed by atoms with Crippen LogP contribution in [0.2, 0.25) is 0 Å². The molecule has 2 aromatic carbocycles. The Kier molecular flexibility index (Phi) is 9.66. The molecule has 1 saturated heterocycles. The summed E-state index contributed by atoms with van der Waals surface area (Å²) in [5, 5.41) is 11.7. The Hall–Kier alpha value is -3.95. The van der Waals surface area contributed by atoms with Crippen LogP contribution >= 0.6 is 0 Å². The molecule has 1 aliphatic rings. The summed E-state index contributed by atoms with van der Waals surface area (Å²) in [6, 6.07) is 11.8. The van der Waals surface area contributed by atoms with Gasteiger partial charge in [-0.15, -0.1) is 0 Å². The average Bonchev–Trinajstić information content (AvgIpc) is 3.40. The lowest BCUT2D eigenvalue weighted by atomic mass is 10.0. The number of ether oxygens (including phenoxy) is 2. The van der Waals surface area contributed by atoms with Gasteiger partial charge in [0.1, 0.15) is 17.8 Å². The van der Waals surface area contributed by atoms with Gasteiger partial charge >= 0.3 is 12.1 Å². The molecule has 208 valence electrons. The topological polar surface area (TPSA) is 146 Å². The van der Waals surface area contributed by atoms with E-state index in [4.69, 9.17) is 14.7 Å². The van der Waals surface area contributed by atoms with E-state index in [1.54, 1.807) is 52.2 Å². The lowest BCUT2D eigenvalue weighted by Crippen LogP contribution is -2.52. The molecule has 0 radical (unpaired) electrons. The van der Waals surface area contributed by atoms with Gasteiger partial charge in [0.05, 0.1) is 22.6 Å². The van der Waals surface area contributed by atoms with E-state index in [1.165, 1.54) is 29.2 Å². The van der Waals surface area contributed by atoms with E-state index in [9.17, 15) is 22.8 Å². The van der Waals surface area contributed by atoms with Crippen molar-refractivity contribution >= 4 is 28.0 Å². The number of esters is 1. The molecular formula is C27H32N4O7S. The minimum Gasteiger partial charge on any atom is -0.461 e. The van der Waals surface area contributed by atoms with E-state index in [0.29, 0.717) is 29.7 Å². The van der Waals surface area contributed by atoms with Crippen molar-refractivity contribution in [3.8, 4) is 11.8 Å². The number of hydrogen-bond donors (Lipinski definition) is 1. The normalized spacial score (nSPS) is 16.3. The highest BCUT2D eigenvalue weighted by molar-refractivity contribution is 7.89. The van der Waals surface area contributed by atoms with Gasteiger partial charge in [0.2, 0.25) is 15.9 Å². The molecule has 1 heterocycles. The lowest BCUT2D eigenvalue weighted by molar-refractivity contribution is -0.151. The van der Waals surface area contributed by atoms with E-state index in [2.05, 4.69) is 5.32 Å². The number of nitriles is 1. The zero-order chi connectivity index (χ0) is 28.7. The van der Waals surface area contributed by atoms with Crippen molar-refractivity contribution in [2.45, 2.75) is 56.2 Å². The van der Waals surface area contributed by atoms with Crippen molar-refractivity contribution in [2.75, 3.05) is 20.6 Å². The molecule has 2 atom stereocenters. The Balaban J connectivity index is 1.77. The molecule has 0 aromatic heterocycles. The van der Waals surface area contributed by atoms with Gasteiger partial charge in [-0.2, -0.15) is 9.57 Å². The smallest absolute Gasteiger partial charge is 0.414 e. The summed E-state index contributed by atoms with van der Waals surface area (Å²) >= 11 is 0. The first-order valence-electron chi connectivity index (χ1n) is 12.4. The molecule has 1 N–H and O–H groups in total. The third kappa shape index (κ3) is 7.55. The van der Waals surface area contributed by atoms with E-state index in [1.807, 2.05) is 6.07 Å². The van der Waals surface area contributed by atoms with Crippen molar-refractivity contribution in [3.05, 3.63) is 59.7 Å². The SMILES string of the molecule is CC(C)OC(=O)[C@H](Cc1ccc(OC(=O)N(C)C)cc1)NC(=O)[C@@H]1CCCN1S(=O)(=O)c1ccc(C#N)cc1. The first-order chi connectivity index (χ1) is 18.4. The summed E-state index contributed by atoms with van der Waals surface area (Å²) in [7, 11) is -0.889. The Morgan fingerprint density at radius 1 is 1.10 bits per heavy atom. The van der Waals surface area contributed by atoms with E-state index in [0.717, 1.165) is 4.31 Å². The number of sulfonamides is 1. The number of rotatable bonds is 9. The van der Waals surface area contributed by atoms with Gasteiger partial charge in [0, 0.05) is 27.1 Å². The fraction of sp³-hybridized carbons (Fsp3) is 0.407. The second-order valence-electron chi connectivity index (χ2n) is 9.57. The number of nitrogens with one attached hydrogen (secondary N) is 1. The maximum absolute atomic E-state index is 13.3. The highest BCUT2D eigenvalue weighted by atomic mass is 32.2. The molecule has 0 spiro atoms. The van der Waals surface area contributed by atoms with Crippen molar-refractivity contribution in [1.82, 2.24) is 14.5 Å². The van der Waals surface area contributed by atoms with E-state index < -0.39 is 46.2 Å². The van der Waals surface area contributed by atoms with Crippen LogP contribution in [-0.2, 0) is 30.8 Å². The minimum atomic E-state index is -4.01. The van der Waals surface area contributed by atoms with Gasteiger partial charge in [-0.25, -0.2) is 18.0 Å². The standard InChI is InChI=1S/C27H32N4O7S/c1-18(2)37-26(33)23(16-19-7-11-21(12-8-19)38-27(34)30(3)4)29-25(32)24-6-5-15-31(24)39(35,36)22-13-9-20(17-28)10-14-22/h7-14,18,23-24H,5-6,15-16H2,1-4H3,(H,29,32)/t23-,24-/m0/s1. The summed E-state index contributed by atoms with van der Waals surface area (Å²) in [4.78, 5) is 39.3. The fourth-order valence-electron chi connectivity index (χ4n) is 4.02. The Bertz CT molecular complexity index is 1330. The van der Waals surface area contributed by atoms with Crippen LogP contribution in [-0.4, -0.2) is 74.4 Å². The van der Waals surface area contributed by atoms with Crippen molar-refractivity contribution in [1.29, 1.82) is 5.26 Å². The van der Waals surface area contributed by atoms with Crippen LogP contribution in [0, 0.1) is 11.3 Å². The molecule has 1 aliphatic heterocycles. The van der Waals surface area contributed by atoms with Crippen LogP contribution < -0.4 is 10.1 Å². The third-order valence-corrected chi connectivity index (χ3v) is 7.91. The molecule has 2 amide bonds. The van der Waals surface area contributed by atoms with Crippen LogP contribution in [0.15, 0.2) is 53.4 Å². The number of hydrogen-bond acceptors (Lipinski definition) is 8. The van der Waals surface area contributed by atoms with Gasteiger partial charge in [0.15, 0.2) is 0 Å². The number of carbonyl (C=O) groups excluding carboxylic acids is 3. The number of nitrogens with zero attached hydrogens (tertiary/aromatic N) is 3. The highest BCUT2D eigenvalue weighted by Gasteiger charge is 2.40. The molecule has 1 fully saturated rings. The largest absolute Gasteiger partial charge is 0.461 e. The predicted molar refractivity (Wildman–Crippen MR) is 141 cm³/mol. The van der Waals surface area contributed by atoms with E-state index >= 15 is 0 Å². The second-order valence-corrected chi connectivity index (χ2v) is 11.5. The first kappa shape index (κ1) is 29.6. The van der Waals surface area contributed by atoms with Crippen LogP contribution in [0.1, 0.15) is 37.8 Å². The van der Waals surface area contributed by atoms with E-state index in [-0.39, 0.29) is 17.9 Å². The first-order valence-corrected chi connectivity index (χ1v) is 13.9. The van der Waals surface area contributed by atoms with Crippen molar-refractivity contribution < 1.29 is 32.3 Å². The molecule has 2 aromatic rings. The number of benzene rings is 2. The summed E-state index contributed by atoms with van der Waals surface area (Å²) in [5.74, 6) is -0.940. The number of amides is 2. The van der Waals surface area contributed by atoms with Gasteiger partial charge in [-0.3, -0.25) is 4.79 Å². The van der Waals surface area contributed by atoms with Crippen LogP contribution in [0.5, 0.6) is 5.75 Å². The van der Waals surface area contributed by atoms with Crippen LogP contribution in [0.25, 0.3) is 0 Å². The van der Waals surface area contributed by atoms with Gasteiger partial charge in [0.25, 0.3) is 0 Å². The van der Waals surface area contributed by atoms with Gasteiger partial charge in [-0.05, 0) is 68.7 Å². The van der Waals surface area contributed by atoms with Crippen molar-refractivity contribution in [3.63, 3.8) is 0 Å². The maximum atomic E-state index is 13.3. The summed E-state index contributed by atoms with van der Waals surface area (Å²) < 4.78 is 38.3. The van der Waals surface area contributed by atoms with Gasteiger partial charge in [-0.1, -0.05) is 12.1 Å². The van der Waals surface area contributed by atoms with Crippen LogP contribution in [0.4, 0.5) is 4.79 Å². The molecule has 0 bridgehead atoms. The zero-order valence-electron chi connectivity index (χ0n) is 22.3. The Labute approximate surface area is 228 Å². The second kappa shape index (κ2) is 12.7. The predicted octanol–water partition coefficient (Wildman–Crippen LogP) is 2.45. The maximum Gasteiger partial charge on any atom is 0.414 e. The monoisotopic (exact) mass is 556 g/mol. The molecule has 0 unspecified atom stereocenters. The molecule has 0 aliphatic carbocycles. The molecule has 11 nitrogen and oxygen atoms in total.